The van der Waals surface area contributed by atoms with E-state index in [9.17, 15) is 4.79 Å². The third-order valence-corrected chi connectivity index (χ3v) is 3.30. The summed E-state index contributed by atoms with van der Waals surface area (Å²) in [5.74, 6) is 0.0403. The lowest BCUT2D eigenvalue weighted by Gasteiger charge is -2.27. The SMILES string of the molecule is CC(Cl)CC(C)NC(=O)C(C)(C)c1ccccc1. The Morgan fingerprint density at radius 3 is 2.33 bits per heavy atom. The maximum Gasteiger partial charge on any atom is 0.230 e. The number of amides is 1. The summed E-state index contributed by atoms with van der Waals surface area (Å²) in [6.07, 6.45) is 0.776. The second kappa shape index (κ2) is 6.24. The van der Waals surface area contributed by atoms with E-state index in [2.05, 4.69) is 5.32 Å². The van der Waals surface area contributed by atoms with E-state index in [0.29, 0.717) is 0 Å². The van der Waals surface area contributed by atoms with Crippen molar-refractivity contribution in [2.24, 2.45) is 0 Å². The molecule has 1 aromatic rings. The Morgan fingerprint density at radius 2 is 1.83 bits per heavy atom. The molecule has 0 aromatic heterocycles. The van der Waals surface area contributed by atoms with Gasteiger partial charge in [0.25, 0.3) is 0 Å². The van der Waals surface area contributed by atoms with Crippen molar-refractivity contribution < 1.29 is 4.79 Å². The Morgan fingerprint density at radius 1 is 1.28 bits per heavy atom. The first-order valence-corrected chi connectivity index (χ1v) is 6.78. The van der Waals surface area contributed by atoms with Crippen molar-refractivity contribution in [3.05, 3.63) is 35.9 Å². The van der Waals surface area contributed by atoms with E-state index in [0.717, 1.165) is 12.0 Å². The molecule has 0 aliphatic carbocycles. The van der Waals surface area contributed by atoms with Crippen molar-refractivity contribution in [3.63, 3.8) is 0 Å². The van der Waals surface area contributed by atoms with Crippen LogP contribution in [0.25, 0.3) is 0 Å². The summed E-state index contributed by atoms with van der Waals surface area (Å²) < 4.78 is 0. The molecule has 1 amide bonds. The highest BCUT2D eigenvalue weighted by molar-refractivity contribution is 6.20. The van der Waals surface area contributed by atoms with Crippen LogP contribution in [0.1, 0.15) is 39.7 Å². The molecule has 0 saturated carbocycles. The zero-order valence-corrected chi connectivity index (χ0v) is 12.3. The van der Waals surface area contributed by atoms with Crippen LogP contribution < -0.4 is 5.32 Å². The topological polar surface area (TPSA) is 29.1 Å². The Bertz CT molecular complexity index is 387. The number of halogens is 1. The van der Waals surface area contributed by atoms with E-state index in [1.165, 1.54) is 0 Å². The van der Waals surface area contributed by atoms with Crippen LogP contribution in [0.5, 0.6) is 0 Å². The van der Waals surface area contributed by atoms with Crippen molar-refractivity contribution in [3.8, 4) is 0 Å². The normalized spacial score (nSPS) is 14.9. The van der Waals surface area contributed by atoms with Gasteiger partial charge in [-0.3, -0.25) is 4.79 Å². The minimum atomic E-state index is -0.523. The van der Waals surface area contributed by atoms with Crippen LogP contribution >= 0.6 is 11.6 Å². The molecule has 18 heavy (non-hydrogen) atoms. The maximum absolute atomic E-state index is 12.3. The lowest BCUT2D eigenvalue weighted by Crippen LogP contribution is -2.44. The van der Waals surface area contributed by atoms with Gasteiger partial charge in [0.2, 0.25) is 5.91 Å². The predicted molar refractivity (Wildman–Crippen MR) is 77.0 cm³/mol. The Balaban J connectivity index is 2.71. The summed E-state index contributed by atoms with van der Waals surface area (Å²) in [5, 5.41) is 3.10. The Labute approximate surface area is 115 Å². The molecule has 0 aliphatic heterocycles. The van der Waals surface area contributed by atoms with E-state index in [1.54, 1.807) is 0 Å². The third kappa shape index (κ3) is 4.02. The minimum absolute atomic E-state index is 0.0403. The highest BCUT2D eigenvalue weighted by Crippen LogP contribution is 2.23. The number of hydrogen-bond acceptors (Lipinski definition) is 1. The van der Waals surface area contributed by atoms with Crippen molar-refractivity contribution in [2.45, 2.75) is 50.9 Å². The van der Waals surface area contributed by atoms with E-state index >= 15 is 0 Å². The lowest BCUT2D eigenvalue weighted by atomic mass is 9.83. The van der Waals surface area contributed by atoms with Gasteiger partial charge in [-0.25, -0.2) is 0 Å². The van der Waals surface area contributed by atoms with Gasteiger partial charge in [-0.1, -0.05) is 30.3 Å². The van der Waals surface area contributed by atoms with Crippen molar-refractivity contribution in [2.75, 3.05) is 0 Å². The van der Waals surface area contributed by atoms with Crippen LogP contribution in [-0.2, 0) is 10.2 Å². The van der Waals surface area contributed by atoms with Gasteiger partial charge in [-0.15, -0.1) is 11.6 Å². The van der Waals surface area contributed by atoms with Gasteiger partial charge in [0.1, 0.15) is 0 Å². The fourth-order valence-corrected chi connectivity index (χ4v) is 2.20. The first-order valence-electron chi connectivity index (χ1n) is 6.34. The molecular formula is C15H22ClNO. The number of carbonyl (C=O) groups excluding carboxylic acids is 1. The average molecular weight is 268 g/mol. The summed E-state index contributed by atoms with van der Waals surface area (Å²) in [5.41, 5.74) is 0.499. The first-order chi connectivity index (χ1) is 8.34. The molecule has 0 aliphatic rings. The van der Waals surface area contributed by atoms with E-state index in [1.807, 2.05) is 58.0 Å². The van der Waals surface area contributed by atoms with Crippen LogP contribution in [0.3, 0.4) is 0 Å². The molecule has 0 fully saturated rings. The number of benzene rings is 1. The second-order valence-corrected chi connectivity index (χ2v) is 6.13. The van der Waals surface area contributed by atoms with E-state index < -0.39 is 5.41 Å². The number of nitrogens with one attached hydrogen (secondary N) is 1. The molecule has 0 heterocycles. The number of hydrogen-bond donors (Lipinski definition) is 1. The van der Waals surface area contributed by atoms with E-state index in [4.69, 9.17) is 11.6 Å². The molecule has 0 spiro atoms. The fourth-order valence-electron chi connectivity index (χ4n) is 1.94. The van der Waals surface area contributed by atoms with Crippen LogP contribution in [0.2, 0.25) is 0 Å². The summed E-state index contributed by atoms with van der Waals surface area (Å²) in [7, 11) is 0. The van der Waals surface area contributed by atoms with Crippen molar-refractivity contribution >= 4 is 17.5 Å². The average Bonchev–Trinajstić information content (AvgIpc) is 2.28. The van der Waals surface area contributed by atoms with Gasteiger partial charge >= 0.3 is 0 Å². The third-order valence-electron chi connectivity index (χ3n) is 3.12. The van der Waals surface area contributed by atoms with Gasteiger partial charge < -0.3 is 5.32 Å². The summed E-state index contributed by atoms with van der Waals surface area (Å²) >= 11 is 5.94. The molecule has 2 nitrogen and oxygen atoms in total. The zero-order chi connectivity index (χ0) is 13.8. The standard InChI is InChI=1S/C15H22ClNO/c1-11(16)10-12(2)17-14(18)15(3,4)13-8-6-5-7-9-13/h5-9,11-12H,10H2,1-4H3,(H,17,18). The van der Waals surface area contributed by atoms with Crippen LogP contribution in [-0.4, -0.2) is 17.3 Å². The van der Waals surface area contributed by atoms with Crippen LogP contribution in [0.15, 0.2) is 30.3 Å². The molecule has 1 N–H and O–H groups in total. The van der Waals surface area contributed by atoms with Gasteiger partial charge in [0.15, 0.2) is 0 Å². The fraction of sp³-hybridized carbons (Fsp3) is 0.533. The summed E-state index contributed by atoms with van der Waals surface area (Å²) in [6, 6.07) is 9.91. The van der Waals surface area contributed by atoms with Crippen molar-refractivity contribution in [1.29, 1.82) is 0 Å². The lowest BCUT2D eigenvalue weighted by molar-refractivity contribution is -0.126. The monoisotopic (exact) mass is 267 g/mol. The Hall–Kier alpha value is -1.02. The zero-order valence-electron chi connectivity index (χ0n) is 11.5. The molecule has 2 unspecified atom stereocenters. The quantitative estimate of drug-likeness (QED) is 0.813. The van der Waals surface area contributed by atoms with Crippen LogP contribution in [0, 0.1) is 0 Å². The van der Waals surface area contributed by atoms with Gasteiger partial charge in [-0.2, -0.15) is 0 Å². The molecule has 100 valence electrons. The second-order valence-electron chi connectivity index (χ2n) is 5.38. The molecule has 1 aromatic carbocycles. The maximum atomic E-state index is 12.3. The predicted octanol–water partition coefficient (Wildman–Crippen LogP) is 3.49. The smallest absolute Gasteiger partial charge is 0.230 e. The van der Waals surface area contributed by atoms with Crippen molar-refractivity contribution in [1.82, 2.24) is 5.32 Å². The molecule has 0 saturated heterocycles. The highest BCUT2D eigenvalue weighted by atomic mass is 35.5. The molecule has 0 bridgehead atoms. The molecule has 2 atom stereocenters. The Kier molecular flexibility index (Phi) is 5.21. The molecule has 0 radical (unpaired) electrons. The van der Waals surface area contributed by atoms with Gasteiger partial charge in [0.05, 0.1) is 5.41 Å². The first kappa shape index (κ1) is 15.0. The number of rotatable bonds is 5. The van der Waals surface area contributed by atoms with Gasteiger partial charge in [0, 0.05) is 11.4 Å². The molecular weight excluding hydrogens is 246 g/mol. The van der Waals surface area contributed by atoms with Gasteiger partial charge in [-0.05, 0) is 39.7 Å². The largest absolute Gasteiger partial charge is 0.353 e. The number of alkyl halides is 1. The van der Waals surface area contributed by atoms with E-state index in [-0.39, 0.29) is 17.3 Å². The minimum Gasteiger partial charge on any atom is -0.353 e. The number of carbonyl (C=O) groups is 1. The summed E-state index contributed by atoms with van der Waals surface area (Å²) in [4.78, 5) is 12.3. The molecule has 1 rings (SSSR count). The highest BCUT2D eigenvalue weighted by Gasteiger charge is 2.30. The van der Waals surface area contributed by atoms with Crippen LogP contribution in [0.4, 0.5) is 0 Å². The molecule has 3 heteroatoms. The summed E-state index contributed by atoms with van der Waals surface area (Å²) in [6.45, 7) is 7.80.